The molecule has 0 aliphatic heterocycles. The van der Waals surface area contributed by atoms with Gasteiger partial charge >= 0.3 is 5.97 Å². The van der Waals surface area contributed by atoms with Crippen LogP contribution in [0.4, 0.5) is 5.69 Å². The first kappa shape index (κ1) is 21.3. The zero-order valence-corrected chi connectivity index (χ0v) is 16.9. The van der Waals surface area contributed by atoms with Crippen LogP contribution in [0.5, 0.6) is 11.5 Å². The Labute approximate surface area is 164 Å². The Hall–Kier alpha value is -3.03. The maximum atomic E-state index is 12.3. The van der Waals surface area contributed by atoms with E-state index < -0.39 is 18.0 Å². The lowest BCUT2D eigenvalue weighted by Gasteiger charge is -2.14. The van der Waals surface area contributed by atoms with Crippen molar-refractivity contribution in [3.63, 3.8) is 0 Å². The minimum Gasteiger partial charge on any atom is -0.494 e. The number of nitrogens with one attached hydrogen (secondary N) is 1. The number of nitrogens with zero attached hydrogens (tertiary/aromatic N) is 2. The van der Waals surface area contributed by atoms with E-state index in [1.807, 2.05) is 13.8 Å². The van der Waals surface area contributed by atoms with Gasteiger partial charge in [0, 0.05) is 7.05 Å². The number of ether oxygens (including phenoxy) is 3. The van der Waals surface area contributed by atoms with Crippen LogP contribution in [-0.2, 0) is 21.4 Å². The van der Waals surface area contributed by atoms with Crippen LogP contribution in [0.25, 0.3) is 0 Å². The van der Waals surface area contributed by atoms with Crippen LogP contribution in [0.2, 0.25) is 0 Å². The van der Waals surface area contributed by atoms with Crippen LogP contribution < -0.4 is 14.8 Å². The largest absolute Gasteiger partial charge is 0.494 e. The summed E-state index contributed by atoms with van der Waals surface area (Å²) in [5.41, 5.74) is 2.16. The van der Waals surface area contributed by atoms with Crippen molar-refractivity contribution in [2.24, 2.45) is 7.05 Å². The number of aromatic nitrogens is 2. The maximum Gasteiger partial charge on any atom is 0.310 e. The van der Waals surface area contributed by atoms with Gasteiger partial charge in [-0.25, -0.2) is 0 Å². The molecule has 0 fully saturated rings. The molecule has 0 aliphatic rings. The second-order valence-electron chi connectivity index (χ2n) is 6.29. The summed E-state index contributed by atoms with van der Waals surface area (Å²) in [4.78, 5) is 24.2. The molecule has 152 valence electrons. The third kappa shape index (κ3) is 5.73. The lowest BCUT2D eigenvalue weighted by atomic mass is 10.3. The van der Waals surface area contributed by atoms with E-state index in [1.54, 1.807) is 42.9 Å². The summed E-state index contributed by atoms with van der Waals surface area (Å²) in [7, 11) is 1.80. The molecule has 28 heavy (non-hydrogen) atoms. The molecule has 1 N–H and O–H groups in total. The second kappa shape index (κ2) is 9.77. The number of esters is 1. The van der Waals surface area contributed by atoms with E-state index >= 15 is 0 Å². The molecule has 2 aromatic rings. The van der Waals surface area contributed by atoms with Crippen LogP contribution in [-0.4, -0.2) is 41.0 Å². The van der Waals surface area contributed by atoms with Crippen molar-refractivity contribution < 1.29 is 23.8 Å². The average Bonchev–Trinajstić information content (AvgIpc) is 2.89. The van der Waals surface area contributed by atoms with Gasteiger partial charge in [-0.2, -0.15) is 5.10 Å². The molecule has 0 radical (unpaired) electrons. The van der Waals surface area contributed by atoms with E-state index in [-0.39, 0.29) is 13.0 Å². The summed E-state index contributed by atoms with van der Waals surface area (Å²) in [6.07, 6.45) is -0.882. The Bertz CT molecular complexity index is 814. The van der Waals surface area contributed by atoms with Gasteiger partial charge in [0.05, 0.1) is 36.7 Å². The molecular weight excluding hydrogens is 362 g/mol. The fourth-order valence-electron chi connectivity index (χ4n) is 2.54. The monoisotopic (exact) mass is 389 g/mol. The number of benzene rings is 1. The molecule has 0 aliphatic carbocycles. The predicted octanol–water partition coefficient (Wildman–Crippen LogP) is 2.77. The number of aryl methyl sites for hydroxylation is 2. The molecule has 1 heterocycles. The summed E-state index contributed by atoms with van der Waals surface area (Å²) in [6, 6.07) is 7.13. The third-order valence-electron chi connectivity index (χ3n) is 4.14. The van der Waals surface area contributed by atoms with E-state index in [4.69, 9.17) is 14.2 Å². The molecule has 0 bridgehead atoms. The second-order valence-corrected chi connectivity index (χ2v) is 6.29. The molecule has 0 spiro atoms. The van der Waals surface area contributed by atoms with Crippen molar-refractivity contribution >= 4 is 17.6 Å². The zero-order valence-electron chi connectivity index (χ0n) is 16.9. The first-order valence-corrected chi connectivity index (χ1v) is 9.18. The Kier molecular flexibility index (Phi) is 7.43. The Morgan fingerprint density at radius 1 is 1.14 bits per heavy atom. The molecule has 8 heteroatoms. The van der Waals surface area contributed by atoms with Gasteiger partial charge in [0.2, 0.25) is 0 Å². The summed E-state index contributed by atoms with van der Waals surface area (Å²) < 4.78 is 17.7. The fraction of sp³-hybridized carbons (Fsp3) is 0.450. The summed E-state index contributed by atoms with van der Waals surface area (Å²) in [6.45, 7) is 7.85. The lowest BCUT2D eigenvalue weighted by Crippen LogP contribution is -2.30. The number of hydrogen-bond acceptors (Lipinski definition) is 6. The first-order chi connectivity index (χ1) is 13.3. The highest BCUT2D eigenvalue weighted by atomic mass is 16.5. The van der Waals surface area contributed by atoms with Gasteiger partial charge in [-0.05, 0) is 52.0 Å². The van der Waals surface area contributed by atoms with E-state index in [0.29, 0.717) is 23.7 Å². The minimum absolute atomic E-state index is 0.0375. The normalized spacial score (nSPS) is 11.6. The highest BCUT2D eigenvalue weighted by molar-refractivity contribution is 5.96. The Morgan fingerprint density at radius 3 is 2.29 bits per heavy atom. The van der Waals surface area contributed by atoms with Crippen molar-refractivity contribution in [2.45, 2.75) is 40.2 Å². The Morgan fingerprint density at radius 2 is 1.75 bits per heavy atom. The number of carbonyl (C=O) groups is 2. The number of hydrogen-bond donors (Lipinski definition) is 1. The molecule has 1 aromatic carbocycles. The van der Waals surface area contributed by atoms with E-state index in [9.17, 15) is 9.59 Å². The Balaban J connectivity index is 1.76. The van der Waals surface area contributed by atoms with E-state index in [2.05, 4.69) is 10.4 Å². The van der Waals surface area contributed by atoms with Crippen LogP contribution in [0.1, 0.15) is 31.7 Å². The number of anilines is 1. The molecular formula is C20H27N3O5. The number of amides is 1. The van der Waals surface area contributed by atoms with Gasteiger partial charge in [0.1, 0.15) is 11.5 Å². The lowest BCUT2D eigenvalue weighted by molar-refractivity contribution is -0.153. The van der Waals surface area contributed by atoms with Crippen LogP contribution >= 0.6 is 0 Å². The van der Waals surface area contributed by atoms with Crippen molar-refractivity contribution in [3.05, 3.63) is 35.7 Å². The fourth-order valence-corrected chi connectivity index (χ4v) is 2.54. The molecule has 1 aromatic heterocycles. The summed E-state index contributed by atoms with van der Waals surface area (Å²) in [5.74, 6) is 0.478. The van der Waals surface area contributed by atoms with Crippen LogP contribution in [0.15, 0.2) is 24.3 Å². The SMILES string of the molecule is CCOc1ccc(OCCC(=O)OC(C)C(=O)Nc2c(C)nn(C)c2C)cc1. The quantitative estimate of drug-likeness (QED) is 0.663. The molecule has 2 rings (SSSR count). The zero-order chi connectivity index (χ0) is 20.7. The van der Waals surface area contributed by atoms with Gasteiger partial charge in [0.15, 0.2) is 6.10 Å². The van der Waals surface area contributed by atoms with Gasteiger partial charge < -0.3 is 19.5 Å². The minimum atomic E-state index is -0.919. The van der Waals surface area contributed by atoms with Crippen molar-refractivity contribution in [3.8, 4) is 11.5 Å². The smallest absolute Gasteiger partial charge is 0.310 e. The molecule has 1 atom stereocenters. The summed E-state index contributed by atoms with van der Waals surface area (Å²) >= 11 is 0. The van der Waals surface area contributed by atoms with Gasteiger partial charge in [-0.15, -0.1) is 0 Å². The molecule has 1 amide bonds. The van der Waals surface area contributed by atoms with Crippen molar-refractivity contribution in [1.29, 1.82) is 0 Å². The van der Waals surface area contributed by atoms with Gasteiger partial charge in [-0.1, -0.05) is 0 Å². The third-order valence-corrected chi connectivity index (χ3v) is 4.14. The predicted molar refractivity (Wildman–Crippen MR) is 105 cm³/mol. The van der Waals surface area contributed by atoms with E-state index in [1.165, 1.54) is 6.92 Å². The first-order valence-electron chi connectivity index (χ1n) is 9.18. The van der Waals surface area contributed by atoms with Crippen LogP contribution in [0.3, 0.4) is 0 Å². The van der Waals surface area contributed by atoms with Gasteiger partial charge in [0.25, 0.3) is 5.91 Å². The topological polar surface area (TPSA) is 91.7 Å². The highest BCUT2D eigenvalue weighted by Crippen LogP contribution is 2.19. The summed E-state index contributed by atoms with van der Waals surface area (Å²) in [5, 5.41) is 7.00. The number of carbonyl (C=O) groups excluding carboxylic acids is 2. The van der Waals surface area contributed by atoms with Gasteiger partial charge in [-0.3, -0.25) is 14.3 Å². The standard InChI is InChI=1S/C20H27N3O5/c1-6-26-16-7-9-17(10-8-16)27-12-11-18(24)28-15(4)20(25)21-19-13(2)22-23(5)14(19)3/h7-10,15H,6,11-12H2,1-5H3,(H,21,25). The molecule has 0 saturated heterocycles. The van der Waals surface area contributed by atoms with Crippen molar-refractivity contribution in [2.75, 3.05) is 18.5 Å². The van der Waals surface area contributed by atoms with Crippen molar-refractivity contribution in [1.82, 2.24) is 9.78 Å². The highest BCUT2D eigenvalue weighted by Gasteiger charge is 2.20. The molecule has 1 unspecified atom stereocenters. The molecule has 0 saturated carbocycles. The average molecular weight is 389 g/mol. The molecule has 8 nitrogen and oxygen atoms in total. The van der Waals surface area contributed by atoms with E-state index in [0.717, 1.165) is 11.4 Å². The maximum absolute atomic E-state index is 12.3. The number of rotatable bonds is 9. The van der Waals surface area contributed by atoms with Crippen LogP contribution in [0, 0.1) is 13.8 Å².